The van der Waals surface area contributed by atoms with Crippen molar-refractivity contribution in [3.8, 4) is 0 Å². The SMILES string of the molecule is O=C(O)CCCC(O)c1ccc(F)c2ccccc12. The molecule has 100 valence electrons. The maximum Gasteiger partial charge on any atom is 0.303 e. The summed E-state index contributed by atoms with van der Waals surface area (Å²) in [7, 11) is 0. The van der Waals surface area contributed by atoms with Crippen LogP contribution in [0.4, 0.5) is 4.39 Å². The Kier molecular flexibility index (Phi) is 4.12. The quantitative estimate of drug-likeness (QED) is 0.869. The van der Waals surface area contributed by atoms with Crippen LogP contribution in [0.3, 0.4) is 0 Å². The zero-order valence-corrected chi connectivity index (χ0v) is 10.3. The molecule has 0 radical (unpaired) electrons. The normalized spacial score (nSPS) is 12.5. The number of carboxylic acid groups (broad SMARTS) is 1. The van der Waals surface area contributed by atoms with E-state index in [0.29, 0.717) is 29.2 Å². The van der Waals surface area contributed by atoms with Gasteiger partial charge in [-0.25, -0.2) is 4.39 Å². The largest absolute Gasteiger partial charge is 0.481 e. The maximum atomic E-state index is 13.6. The van der Waals surface area contributed by atoms with Gasteiger partial charge in [-0.05, 0) is 29.9 Å². The third-order valence-electron chi connectivity index (χ3n) is 3.13. The second-order valence-corrected chi connectivity index (χ2v) is 4.48. The van der Waals surface area contributed by atoms with Crippen LogP contribution in [0.2, 0.25) is 0 Å². The molecule has 0 aromatic heterocycles. The number of benzene rings is 2. The van der Waals surface area contributed by atoms with E-state index >= 15 is 0 Å². The third-order valence-corrected chi connectivity index (χ3v) is 3.13. The van der Waals surface area contributed by atoms with E-state index in [1.807, 2.05) is 0 Å². The zero-order valence-electron chi connectivity index (χ0n) is 10.3. The molecule has 0 aliphatic carbocycles. The van der Waals surface area contributed by atoms with Crippen molar-refractivity contribution < 1.29 is 19.4 Å². The fraction of sp³-hybridized carbons (Fsp3) is 0.267. The van der Waals surface area contributed by atoms with E-state index in [4.69, 9.17) is 5.11 Å². The minimum Gasteiger partial charge on any atom is -0.481 e. The van der Waals surface area contributed by atoms with Gasteiger partial charge in [0.05, 0.1) is 6.10 Å². The van der Waals surface area contributed by atoms with Gasteiger partial charge in [0, 0.05) is 11.8 Å². The van der Waals surface area contributed by atoms with Crippen molar-refractivity contribution in [2.75, 3.05) is 0 Å². The van der Waals surface area contributed by atoms with Gasteiger partial charge in [0.2, 0.25) is 0 Å². The summed E-state index contributed by atoms with van der Waals surface area (Å²) >= 11 is 0. The molecular weight excluding hydrogens is 247 g/mol. The number of carbonyl (C=O) groups is 1. The van der Waals surface area contributed by atoms with Crippen LogP contribution in [0.1, 0.15) is 30.9 Å². The molecule has 0 spiro atoms. The Hall–Kier alpha value is -1.94. The number of aliphatic hydroxyl groups is 1. The van der Waals surface area contributed by atoms with Gasteiger partial charge in [-0.15, -0.1) is 0 Å². The topological polar surface area (TPSA) is 57.5 Å². The van der Waals surface area contributed by atoms with Crippen LogP contribution in [0, 0.1) is 5.82 Å². The maximum absolute atomic E-state index is 13.6. The number of hydrogen-bond acceptors (Lipinski definition) is 2. The first kappa shape index (κ1) is 13.5. The highest BCUT2D eigenvalue weighted by molar-refractivity contribution is 5.86. The summed E-state index contributed by atoms with van der Waals surface area (Å²) in [6.07, 6.45) is -0.00908. The number of aliphatic carboxylic acids is 1. The molecule has 4 heteroatoms. The smallest absolute Gasteiger partial charge is 0.303 e. The molecule has 0 saturated carbocycles. The van der Waals surface area contributed by atoms with Crippen molar-refractivity contribution in [3.63, 3.8) is 0 Å². The summed E-state index contributed by atoms with van der Waals surface area (Å²) in [5, 5.41) is 19.8. The van der Waals surface area contributed by atoms with Gasteiger partial charge in [0.15, 0.2) is 0 Å². The Balaban J connectivity index is 2.24. The predicted molar refractivity (Wildman–Crippen MR) is 70.4 cm³/mol. The van der Waals surface area contributed by atoms with Crippen LogP contribution < -0.4 is 0 Å². The Morgan fingerprint density at radius 1 is 1.16 bits per heavy atom. The fourth-order valence-corrected chi connectivity index (χ4v) is 2.18. The van der Waals surface area contributed by atoms with E-state index in [9.17, 15) is 14.3 Å². The molecule has 2 rings (SSSR count). The predicted octanol–water partition coefficient (Wildman–Crippen LogP) is 3.27. The lowest BCUT2D eigenvalue weighted by Crippen LogP contribution is -2.01. The van der Waals surface area contributed by atoms with Crippen LogP contribution in [-0.2, 0) is 4.79 Å². The molecule has 0 aliphatic rings. The fourth-order valence-electron chi connectivity index (χ4n) is 2.18. The summed E-state index contributed by atoms with van der Waals surface area (Å²) < 4.78 is 13.6. The molecule has 2 aromatic carbocycles. The molecule has 0 heterocycles. The number of hydrogen-bond donors (Lipinski definition) is 2. The Labute approximate surface area is 110 Å². The molecule has 0 aliphatic heterocycles. The van der Waals surface area contributed by atoms with E-state index < -0.39 is 12.1 Å². The van der Waals surface area contributed by atoms with E-state index in [1.165, 1.54) is 6.07 Å². The molecule has 2 N–H and O–H groups in total. The van der Waals surface area contributed by atoms with Crippen molar-refractivity contribution >= 4 is 16.7 Å². The van der Waals surface area contributed by atoms with Gasteiger partial charge in [0.25, 0.3) is 0 Å². The lowest BCUT2D eigenvalue weighted by atomic mass is 9.97. The van der Waals surface area contributed by atoms with Crippen LogP contribution in [0.5, 0.6) is 0 Å². The summed E-state index contributed by atoms with van der Waals surface area (Å²) in [4.78, 5) is 10.4. The highest BCUT2D eigenvalue weighted by Crippen LogP contribution is 2.28. The third kappa shape index (κ3) is 3.09. The van der Waals surface area contributed by atoms with Gasteiger partial charge in [-0.2, -0.15) is 0 Å². The van der Waals surface area contributed by atoms with Crippen LogP contribution in [0.25, 0.3) is 10.8 Å². The molecule has 0 saturated heterocycles. The summed E-state index contributed by atoms with van der Waals surface area (Å²) in [5.41, 5.74) is 0.641. The second kappa shape index (κ2) is 5.80. The van der Waals surface area contributed by atoms with Crippen LogP contribution in [0.15, 0.2) is 36.4 Å². The molecule has 2 aromatic rings. The van der Waals surface area contributed by atoms with Crippen LogP contribution >= 0.6 is 0 Å². The highest BCUT2D eigenvalue weighted by Gasteiger charge is 2.13. The number of rotatable bonds is 5. The van der Waals surface area contributed by atoms with E-state index in [1.54, 1.807) is 30.3 Å². The minimum atomic E-state index is -0.879. The summed E-state index contributed by atoms with van der Waals surface area (Å²) in [6.45, 7) is 0. The Morgan fingerprint density at radius 3 is 2.53 bits per heavy atom. The van der Waals surface area contributed by atoms with Gasteiger partial charge >= 0.3 is 5.97 Å². The molecule has 0 amide bonds. The number of aliphatic hydroxyl groups excluding tert-OH is 1. The van der Waals surface area contributed by atoms with Crippen molar-refractivity contribution in [1.82, 2.24) is 0 Å². The lowest BCUT2D eigenvalue weighted by molar-refractivity contribution is -0.137. The first-order valence-corrected chi connectivity index (χ1v) is 6.16. The zero-order chi connectivity index (χ0) is 13.8. The van der Waals surface area contributed by atoms with Gasteiger partial charge < -0.3 is 10.2 Å². The molecular formula is C15H15FO3. The molecule has 19 heavy (non-hydrogen) atoms. The molecule has 0 bridgehead atoms. The number of halogens is 1. The molecule has 1 atom stereocenters. The molecule has 3 nitrogen and oxygen atoms in total. The van der Waals surface area contributed by atoms with E-state index in [2.05, 4.69) is 0 Å². The van der Waals surface area contributed by atoms with E-state index in [-0.39, 0.29) is 12.2 Å². The number of carboxylic acids is 1. The number of fused-ring (bicyclic) bond motifs is 1. The minimum absolute atomic E-state index is 0.0240. The van der Waals surface area contributed by atoms with Gasteiger partial charge in [-0.3, -0.25) is 4.79 Å². The second-order valence-electron chi connectivity index (χ2n) is 4.48. The van der Waals surface area contributed by atoms with Crippen molar-refractivity contribution in [2.45, 2.75) is 25.4 Å². The first-order chi connectivity index (χ1) is 9.09. The van der Waals surface area contributed by atoms with Gasteiger partial charge in [0.1, 0.15) is 5.82 Å². The summed E-state index contributed by atoms with van der Waals surface area (Å²) in [5.74, 6) is -1.20. The molecule has 0 fully saturated rings. The van der Waals surface area contributed by atoms with E-state index in [0.717, 1.165) is 0 Å². The monoisotopic (exact) mass is 262 g/mol. The lowest BCUT2D eigenvalue weighted by Gasteiger charge is -2.13. The van der Waals surface area contributed by atoms with Crippen molar-refractivity contribution in [2.24, 2.45) is 0 Å². The highest BCUT2D eigenvalue weighted by atomic mass is 19.1. The Morgan fingerprint density at radius 2 is 1.84 bits per heavy atom. The van der Waals surface area contributed by atoms with Crippen LogP contribution in [-0.4, -0.2) is 16.2 Å². The molecule has 1 unspecified atom stereocenters. The Bertz CT molecular complexity index is 595. The standard InChI is InChI=1S/C15H15FO3/c16-13-9-8-12(10-4-1-2-5-11(10)13)14(17)6-3-7-15(18)19/h1-2,4-5,8-9,14,17H,3,6-7H2,(H,18,19). The summed E-state index contributed by atoms with van der Waals surface area (Å²) in [6, 6.07) is 9.84. The van der Waals surface area contributed by atoms with Crippen molar-refractivity contribution in [3.05, 3.63) is 47.8 Å². The average Bonchev–Trinajstić information content (AvgIpc) is 2.39. The first-order valence-electron chi connectivity index (χ1n) is 6.16. The van der Waals surface area contributed by atoms with Gasteiger partial charge in [-0.1, -0.05) is 30.3 Å². The average molecular weight is 262 g/mol. The van der Waals surface area contributed by atoms with Crippen molar-refractivity contribution in [1.29, 1.82) is 0 Å².